The van der Waals surface area contributed by atoms with Crippen molar-refractivity contribution < 1.29 is 13.6 Å². The maximum Gasteiger partial charge on any atom is 0.223 e. The van der Waals surface area contributed by atoms with Gasteiger partial charge in [0.15, 0.2) is 0 Å². The fraction of sp³-hybridized carbons (Fsp3) is 0.500. The quantitative estimate of drug-likeness (QED) is 0.793. The van der Waals surface area contributed by atoms with E-state index in [9.17, 15) is 13.6 Å². The lowest BCUT2D eigenvalue weighted by molar-refractivity contribution is -0.130. The molecule has 0 spiro atoms. The summed E-state index contributed by atoms with van der Waals surface area (Å²) in [6.07, 6.45) is 0.949. The molecule has 110 valence electrons. The minimum absolute atomic E-state index is 0.0287. The van der Waals surface area contributed by atoms with Crippen LogP contribution in [0.3, 0.4) is 0 Å². The molecule has 1 fully saturated rings. The van der Waals surface area contributed by atoms with Gasteiger partial charge >= 0.3 is 0 Å². The van der Waals surface area contributed by atoms with Gasteiger partial charge in [0.2, 0.25) is 5.91 Å². The Morgan fingerprint density at radius 3 is 2.95 bits per heavy atom. The third kappa shape index (κ3) is 3.85. The third-order valence-electron chi connectivity index (χ3n) is 3.31. The highest BCUT2D eigenvalue weighted by atomic mass is 35.5. The van der Waals surface area contributed by atoms with Crippen LogP contribution < -0.4 is 0 Å². The van der Waals surface area contributed by atoms with E-state index in [0.29, 0.717) is 43.1 Å². The van der Waals surface area contributed by atoms with Crippen LogP contribution in [0.15, 0.2) is 18.2 Å². The Morgan fingerprint density at radius 2 is 2.20 bits per heavy atom. The Morgan fingerprint density at radius 1 is 1.40 bits per heavy atom. The van der Waals surface area contributed by atoms with Crippen molar-refractivity contribution in [1.82, 2.24) is 4.90 Å². The molecular weight excluding hydrogens is 304 g/mol. The molecule has 0 saturated carbocycles. The zero-order valence-corrected chi connectivity index (χ0v) is 12.5. The van der Waals surface area contributed by atoms with Crippen LogP contribution >= 0.6 is 23.4 Å². The number of halogens is 3. The summed E-state index contributed by atoms with van der Waals surface area (Å²) in [4.78, 5) is 13.6. The summed E-state index contributed by atoms with van der Waals surface area (Å²) in [5, 5.41) is -0.112. The van der Waals surface area contributed by atoms with Crippen molar-refractivity contribution in [2.75, 3.05) is 24.7 Å². The molecule has 1 amide bonds. The van der Waals surface area contributed by atoms with Crippen LogP contribution in [0.1, 0.15) is 23.7 Å². The Bertz CT molecular complexity index is 486. The molecule has 20 heavy (non-hydrogen) atoms. The molecule has 1 aromatic carbocycles. The van der Waals surface area contributed by atoms with Crippen molar-refractivity contribution in [3.63, 3.8) is 0 Å². The minimum atomic E-state index is -0.429. The Balaban J connectivity index is 2.06. The molecule has 0 radical (unpaired) electrons. The fourth-order valence-electron chi connectivity index (χ4n) is 2.27. The van der Waals surface area contributed by atoms with Crippen LogP contribution in [0.4, 0.5) is 8.78 Å². The number of carbonyl (C=O) groups is 1. The van der Waals surface area contributed by atoms with E-state index in [0.717, 1.165) is 12.1 Å². The zero-order valence-electron chi connectivity index (χ0n) is 10.9. The summed E-state index contributed by atoms with van der Waals surface area (Å²) in [7, 11) is 0. The molecule has 1 aliphatic rings. The molecule has 6 heteroatoms. The number of carbonyl (C=O) groups excluding carboxylic acids is 1. The van der Waals surface area contributed by atoms with Crippen molar-refractivity contribution in [3.8, 4) is 0 Å². The largest absolute Gasteiger partial charge is 0.342 e. The summed E-state index contributed by atoms with van der Waals surface area (Å²) >= 11 is 7.14. The van der Waals surface area contributed by atoms with Gasteiger partial charge in [0, 0.05) is 42.0 Å². The zero-order chi connectivity index (χ0) is 14.5. The molecule has 0 N–H and O–H groups in total. The predicted octanol–water partition coefficient (Wildman–Crippen LogP) is 3.60. The van der Waals surface area contributed by atoms with Gasteiger partial charge in [-0.2, -0.15) is 11.8 Å². The second kappa shape index (κ2) is 7.27. The standard InChI is InChI=1S/C14H16ClF2NOS/c15-5-3-14(19)18-6-4-13(20-8-7-18)11-9-10(16)1-2-12(11)17/h1-2,9,13H,3-8H2. The molecule has 1 aromatic rings. The molecule has 0 aromatic heterocycles. The maximum atomic E-state index is 13.8. The van der Waals surface area contributed by atoms with Crippen LogP contribution in [0.2, 0.25) is 0 Å². The number of amides is 1. The molecule has 1 aliphatic heterocycles. The number of thioether (sulfide) groups is 1. The minimum Gasteiger partial charge on any atom is -0.342 e. The van der Waals surface area contributed by atoms with Gasteiger partial charge in [0.05, 0.1) is 0 Å². The van der Waals surface area contributed by atoms with E-state index in [1.54, 1.807) is 16.7 Å². The van der Waals surface area contributed by atoms with Crippen LogP contribution in [0, 0.1) is 11.6 Å². The Hall–Kier alpha value is -0.810. The number of rotatable bonds is 3. The average Bonchev–Trinajstić information content (AvgIpc) is 2.67. The number of hydrogen-bond donors (Lipinski definition) is 0. The lowest BCUT2D eigenvalue weighted by Gasteiger charge is -2.20. The van der Waals surface area contributed by atoms with E-state index in [-0.39, 0.29) is 17.0 Å². The fourth-order valence-corrected chi connectivity index (χ4v) is 3.67. The Kier molecular flexibility index (Phi) is 5.66. The molecule has 0 aliphatic carbocycles. The van der Waals surface area contributed by atoms with Crippen LogP contribution in [0.5, 0.6) is 0 Å². The number of benzene rings is 1. The highest BCUT2D eigenvalue weighted by Crippen LogP contribution is 2.36. The lowest BCUT2D eigenvalue weighted by Crippen LogP contribution is -2.33. The molecular formula is C14H16ClF2NOS. The number of hydrogen-bond acceptors (Lipinski definition) is 2. The summed E-state index contributed by atoms with van der Waals surface area (Å²) in [5.41, 5.74) is 0.390. The smallest absolute Gasteiger partial charge is 0.223 e. The summed E-state index contributed by atoms with van der Waals surface area (Å²) in [6, 6.07) is 3.53. The number of alkyl halides is 1. The first-order chi connectivity index (χ1) is 9.61. The van der Waals surface area contributed by atoms with Crippen molar-refractivity contribution in [3.05, 3.63) is 35.4 Å². The summed E-state index contributed by atoms with van der Waals surface area (Å²) in [6.45, 7) is 1.19. The van der Waals surface area contributed by atoms with Crippen molar-refractivity contribution in [2.45, 2.75) is 18.1 Å². The predicted molar refractivity (Wildman–Crippen MR) is 78.1 cm³/mol. The molecule has 2 nitrogen and oxygen atoms in total. The second-order valence-corrected chi connectivity index (χ2v) is 6.32. The van der Waals surface area contributed by atoms with Crippen LogP contribution in [-0.4, -0.2) is 35.5 Å². The first kappa shape index (κ1) is 15.6. The van der Waals surface area contributed by atoms with Crippen molar-refractivity contribution in [1.29, 1.82) is 0 Å². The average molecular weight is 320 g/mol. The van der Waals surface area contributed by atoms with E-state index in [1.807, 2.05) is 0 Å². The molecule has 1 saturated heterocycles. The SMILES string of the molecule is O=C(CCCl)N1CCSC(c2cc(F)ccc2F)CC1. The Labute approximate surface area is 126 Å². The second-order valence-electron chi connectivity index (χ2n) is 4.63. The molecule has 1 heterocycles. The maximum absolute atomic E-state index is 13.8. The van der Waals surface area contributed by atoms with Crippen LogP contribution in [0.25, 0.3) is 0 Å². The van der Waals surface area contributed by atoms with E-state index in [2.05, 4.69) is 0 Å². The lowest BCUT2D eigenvalue weighted by atomic mass is 10.1. The van der Waals surface area contributed by atoms with Gasteiger partial charge in [0.25, 0.3) is 0 Å². The van der Waals surface area contributed by atoms with Gasteiger partial charge in [-0.25, -0.2) is 8.78 Å². The van der Waals surface area contributed by atoms with E-state index in [4.69, 9.17) is 11.6 Å². The van der Waals surface area contributed by atoms with Gasteiger partial charge in [-0.15, -0.1) is 11.6 Å². The molecule has 1 unspecified atom stereocenters. The van der Waals surface area contributed by atoms with Crippen molar-refractivity contribution >= 4 is 29.3 Å². The monoisotopic (exact) mass is 319 g/mol. The molecule has 0 bridgehead atoms. The highest BCUT2D eigenvalue weighted by molar-refractivity contribution is 7.99. The van der Waals surface area contributed by atoms with E-state index in [1.165, 1.54) is 6.07 Å². The van der Waals surface area contributed by atoms with Gasteiger partial charge in [0.1, 0.15) is 11.6 Å². The van der Waals surface area contributed by atoms with Gasteiger partial charge < -0.3 is 4.90 Å². The summed E-state index contributed by atoms with van der Waals surface area (Å²) < 4.78 is 27.0. The topological polar surface area (TPSA) is 20.3 Å². The van der Waals surface area contributed by atoms with E-state index < -0.39 is 5.82 Å². The number of nitrogens with zero attached hydrogens (tertiary/aromatic N) is 1. The van der Waals surface area contributed by atoms with Gasteiger partial charge in [-0.05, 0) is 24.6 Å². The molecule has 1 atom stereocenters. The van der Waals surface area contributed by atoms with Crippen LogP contribution in [-0.2, 0) is 4.79 Å². The first-order valence-electron chi connectivity index (χ1n) is 6.52. The first-order valence-corrected chi connectivity index (χ1v) is 8.10. The van der Waals surface area contributed by atoms with Crippen molar-refractivity contribution in [2.24, 2.45) is 0 Å². The molecule has 2 rings (SSSR count). The highest BCUT2D eigenvalue weighted by Gasteiger charge is 2.23. The van der Waals surface area contributed by atoms with Gasteiger partial charge in [-0.3, -0.25) is 4.79 Å². The van der Waals surface area contributed by atoms with E-state index >= 15 is 0 Å². The third-order valence-corrected chi connectivity index (χ3v) is 4.81. The van der Waals surface area contributed by atoms with Gasteiger partial charge in [-0.1, -0.05) is 0 Å². The normalized spacial score (nSPS) is 19.8. The summed E-state index contributed by atoms with van der Waals surface area (Å²) in [5.74, 6) is 0.241.